The maximum Gasteiger partial charge on any atom is 0.416 e. The lowest BCUT2D eigenvalue weighted by atomic mass is 10.0. The van der Waals surface area contributed by atoms with Crippen molar-refractivity contribution in [3.8, 4) is 11.4 Å². The highest BCUT2D eigenvalue weighted by Crippen LogP contribution is 2.37. The van der Waals surface area contributed by atoms with Crippen LogP contribution in [-0.4, -0.2) is 20.3 Å². The molecule has 174 valence electrons. The van der Waals surface area contributed by atoms with E-state index >= 15 is 0 Å². The number of aromatic nitrogens is 3. The molecular formula is C22H19F5N4O2. The predicted octanol–water partition coefficient (Wildman–Crippen LogP) is 4.22. The molecule has 6 nitrogen and oxygen atoms in total. The number of hydrogen-bond donors (Lipinski definition) is 1. The van der Waals surface area contributed by atoms with Crippen molar-refractivity contribution in [3.05, 3.63) is 75.7 Å². The van der Waals surface area contributed by atoms with E-state index in [0.29, 0.717) is 18.9 Å². The first-order valence-corrected chi connectivity index (χ1v) is 10.2. The zero-order chi connectivity index (χ0) is 23.9. The minimum Gasteiger partial charge on any atom is -0.348 e. The summed E-state index contributed by atoms with van der Waals surface area (Å²) in [7, 11) is 0. The van der Waals surface area contributed by atoms with Crippen LogP contribution in [0.25, 0.3) is 11.4 Å². The highest BCUT2D eigenvalue weighted by Gasteiger charge is 2.32. The average Bonchev–Trinajstić information content (AvgIpc) is 3.52. The Morgan fingerprint density at radius 3 is 2.55 bits per heavy atom. The molecule has 1 saturated carbocycles. The van der Waals surface area contributed by atoms with Crippen molar-refractivity contribution in [2.24, 2.45) is 0 Å². The van der Waals surface area contributed by atoms with Gasteiger partial charge >= 0.3 is 11.9 Å². The van der Waals surface area contributed by atoms with Crippen LogP contribution in [0.3, 0.4) is 0 Å². The second kappa shape index (κ2) is 8.45. The topological polar surface area (TPSA) is 68.9 Å². The quantitative estimate of drug-likeness (QED) is 0.553. The van der Waals surface area contributed by atoms with Gasteiger partial charge in [-0.1, -0.05) is 12.1 Å². The number of rotatable bonds is 6. The Labute approximate surface area is 184 Å². The third kappa shape index (κ3) is 4.81. The zero-order valence-corrected chi connectivity index (χ0v) is 17.4. The van der Waals surface area contributed by atoms with Crippen molar-refractivity contribution in [3.63, 3.8) is 0 Å². The van der Waals surface area contributed by atoms with Gasteiger partial charge in [-0.05, 0) is 49.6 Å². The molecule has 1 fully saturated rings. The highest BCUT2D eigenvalue weighted by molar-refractivity contribution is 5.76. The third-order valence-electron chi connectivity index (χ3n) is 5.34. The van der Waals surface area contributed by atoms with Crippen LogP contribution in [-0.2, 0) is 17.5 Å². The van der Waals surface area contributed by atoms with Gasteiger partial charge in [0.15, 0.2) is 5.82 Å². The summed E-state index contributed by atoms with van der Waals surface area (Å²) in [4.78, 5) is 25.3. The molecule has 1 heterocycles. The van der Waals surface area contributed by atoms with Crippen LogP contribution in [0.2, 0.25) is 0 Å². The van der Waals surface area contributed by atoms with E-state index < -0.39 is 47.6 Å². The second-order valence-electron chi connectivity index (χ2n) is 7.90. The summed E-state index contributed by atoms with van der Waals surface area (Å²) in [5, 5.41) is 6.64. The van der Waals surface area contributed by atoms with Gasteiger partial charge in [-0.3, -0.25) is 9.36 Å². The smallest absolute Gasteiger partial charge is 0.348 e. The van der Waals surface area contributed by atoms with Gasteiger partial charge in [0.2, 0.25) is 5.91 Å². The number of hydrogen-bond acceptors (Lipinski definition) is 3. The largest absolute Gasteiger partial charge is 0.416 e. The number of nitrogens with one attached hydrogen (secondary N) is 1. The van der Waals surface area contributed by atoms with Gasteiger partial charge < -0.3 is 5.32 Å². The number of carbonyl (C=O) groups excluding carboxylic acids is 1. The van der Waals surface area contributed by atoms with Crippen molar-refractivity contribution in [2.75, 3.05) is 0 Å². The van der Waals surface area contributed by atoms with E-state index in [0.717, 1.165) is 22.9 Å². The van der Waals surface area contributed by atoms with Crippen LogP contribution >= 0.6 is 0 Å². The lowest BCUT2D eigenvalue weighted by Crippen LogP contribution is -2.35. The van der Waals surface area contributed by atoms with Gasteiger partial charge in [0.1, 0.15) is 18.2 Å². The molecule has 0 spiro atoms. The standard InChI is InChI=1S/C22H19F5N4O2/c1-12(13-3-2-4-14(9-13)22(25,26)27)28-19(32)11-30-21(33)31(16-6-7-16)20(29-30)17-8-5-15(23)10-18(17)24/h2-5,8-10,12,16H,6-7,11H2,1H3,(H,28,32). The van der Waals surface area contributed by atoms with Crippen LogP contribution in [0.5, 0.6) is 0 Å². The first-order chi connectivity index (χ1) is 15.5. The number of halogens is 5. The Morgan fingerprint density at radius 2 is 1.91 bits per heavy atom. The molecule has 2 aromatic carbocycles. The van der Waals surface area contributed by atoms with Crippen molar-refractivity contribution in [1.82, 2.24) is 19.7 Å². The molecule has 1 aliphatic rings. The molecule has 1 atom stereocenters. The average molecular weight is 466 g/mol. The van der Waals surface area contributed by atoms with Crippen molar-refractivity contribution in [1.29, 1.82) is 0 Å². The molecule has 3 aromatic rings. The maximum atomic E-state index is 14.3. The molecule has 0 aliphatic heterocycles. The molecule has 33 heavy (non-hydrogen) atoms. The van der Waals surface area contributed by atoms with Crippen LogP contribution in [0, 0.1) is 11.6 Å². The summed E-state index contributed by atoms with van der Waals surface area (Å²) in [6, 6.07) is 6.49. The second-order valence-corrected chi connectivity index (χ2v) is 7.90. The van der Waals surface area contributed by atoms with E-state index in [1.807, 2.05) is 0 Å². The Morgan fingerprint density at radius 1 is 1.18 bits per heavy atom. The van der Waals surface area contributed by atoms with Gasteiger partial charge in [0.05, 0.1) is 17.2 Å². The zero-order valence-electron chi connectivity index (χ0n) is 17.4. The van der Waals surface area contributed by atoms with Crippen LogP contribution in [0.1, 0.15) is 43.0 Å². The summed E-state index contributed by atoms with van der Waals surface area (Å²) in [6.07, 6.45) is -3.16. The maximum absolute atomic E-state index is 14.3. The molecule has 0 bridgehead atoms. The monoisotopic (exact) mass is 466 g/mol. The number of amides is 1. The van der Waals surface area contributed by atoms with Crippen molar-refractivity contribution in [2.45, 2.75) is 44.6 Å². The fourth-order valence-electron chi connectivity index (χ4n) is 3.53. The summed E-state index contributed by atoms with van der Waals surface area (Å²) in [5.74, 6) is -2.34. The summed E-state index contributed by atoms with van der Waals surface area (Å²) in [6.45, 7) is 0.996. The van der Waals surface area contributed by atoms with E-state index in [4.69, 9.17) is 0 Å². The minimum absolute atomic E-state index is 0.0151. The molecule has 11 heteroatoms. The van der Waals surface area contributed by atoms with E-state index in [9.17, 15) is 31.5 Å². The van der Waals surface area contributed by atoms with Crippen molar-refractivity contribution < 1.29 is 26.7 Å². The van der Waals surface area contributed by atoms with Crippen LogP contribution in [0.15, 0.2) is 47.3 Å². The van der Waals surface area contributed by atoms with Crippen LogP contribution < -0.4 is 11.0 Å². The number of nitrogens with zero attached hydrogens (tertiary/aromatic N) is 3. The molecule has 0 saturated heterocycles. The van der Waals surface area contributed by atoms with Gasteiger partial charge in [-0.15, -0.1) is 5.10 Å². The normalized spacial score (nSPS) is 14.8. The summed E-state index contributed by atoms with van der Waals surface area (Å²) in [5.41, 5.74) is -1.30. The molecule has 4 rings (SSSR count). The highest BCUT2D eigenvalue weighted by atomic mass is 19.4. The fourth-order valence-corrected chi connectivity index (χ4v) is 3.53. The van der Waals surface area contributed by atoms with Gasteiger partial charge in [-0.2, -0.15) is 13.2 Å². The molecule has 0 radical (unpaired) electrons. The van der Waals surface area contributed by atoms with Gasteiger partial charge in [0, 0.05) is 12.1 Å². The predicted molar refractivity (Wildman–Crippen MR) is 108 cm³/mol. The fraction of sp³-hybridized carbons (Fsp3) is 0.318. The third-order valence-corrected chi connectivity index (χ3v) is 5.34. The number of carbonyl (C=O) groups is 1. The van der Waals surface area contributed by atoms with Gasteiger partial charge in [-0.25, -0.2) is 18.3 Å². The van der Waals surface area contributed by atoms with Crippen LogP contribution in [0.4, 0.5) is 22.0 Å². The Kier molecular flexibility index (Phi) is 5.81. The lowest BCUT2D eigenvalue weighted by molar-refractivity contribution is -0.137. The van der Waals surface area contributed by atoms with E-state index in [1.165, 1.54) is 29.7 Å². The SMILES string of the molecule is CC(NC(=O)Cn1nc(-c2ccc(F)cc2F)n(C2CC2)c1=O)c1cccc(C(F)(F)F)c1. The Hall–Kier alpha value is -3.50. The first kappa shape index (κ1) is 22.7. The molecule has 1 amide bonds. The Bertz CT molecular complexity index is 1260. The molecule has 1 aromatic heterocycles. The molecule has 1 unspecified atom stereocenters. The summed E-state index contributed by atoms with van der Waals surface area (Å²) < 4.78 is 68.6. The van der Waals surface area contributed by atoms with Crippen molar-refractivity contribution >= 4 is 5.91 Å². The summed E-state index contributed by atoms with van der Waals surface area (Å²) >= 11 is 0. The van der Waals surface area contributed by atoms with E-state index in [1.54, 1.807) is 0 Å². The Balaban J connectivity index is 1.56. The van der Waals surface area contributed by atoms with Gasteiger partial charge in [0.25, 0.3) is 0 Å². The first-order valence-electron chi connectivity index (χ1n) is 10.2. The van der Waals surface area contributed by atoms with E-state index in [2.05, 4.69) is 10.4 Å². The molecule has 1 N–H and O–H groups in total. The van der Waals surface area contributed by atoms with E-state index in [-0.39, 0.29) is 23.0 Å². The molecule has 1 aliphatic carbocycles. The molecular weight excluding hydrogens is 447 g/mol. The number of benzene rings is 2. The number of alkyl halides is 3. The minimum atomic E-state index is -4.52. The lowest BCUT2D eigenvalue weighted by Gasteiger charge is -2.16.